The molecule has 0 aliphatic carbocycles. The van der Waals surface area contributed by atoms with E-state index in [1.54, 1.807) is 34.6 Å². The second kappa shape index (κ2) is 4.73. The molecule has 6 heteroatoms. The minimum absolute atomic E-state index is 0.0705. The Morgan fingerprint density at radius 3 is 2.53 bits per heavy atom. The number of amides is 1. The summed E-state index contributed by atoms with van der Waals surface area (Å²) < 4.78 is 19.9. The highest BCUT2D eigenvalue weighted by atomic mass is 19.1. The first-order valence-corrected chi connectivity index (χ1v) is 5.47. The number of hydrogen-bond acceptors (Lipinski definition) is 3. The van der Waals surface area contributed by atoms with Crippen molar-refractivity contribution < 1.29 is 13.9 Å². The first-order valence-electron chi connectivity index (χ1n) is 5.47. The maximum Gasteiger partial charge on any atom is 0.412 e. The molecule has 96 valence electrons. The number of ether oxygens (including phenoxy) is 1. The highest BCUT2D eigenvalue weighted by molar-refractivity contribution is 5.85. The van der Waals surface area contributed by atoms with E-state index in [9.17, 15) is 9.18 Å². The largest absolute Gasteiger partial charge is 0.444 e. The Labute approximate surface area is 99.9 Å². The number of nitrogens with zero attached hydrogens (tertiary/aromatic N) is 2. The summed E-state index contributed by atoms with van der Waals surface area (Å²) in [5.41, 5.74) is -0.119. The Hall–Kier alpha value is -1.59. The van der Waals surface area contributed by atoms with Crippen LogP contribution < -0.4 is 5.32 Å². The molecular weight excluding hydrogens is 225 g/mol. The zero-order valence-corrected chi connectivity index (χ0v) is 10.8. The lowest BCUT2D eigenvalue weighted by Crippen LogP contribution is -2.27. The monoisotopic (exact) mass is 243 g/mol. The van der Waals surface area contributed by atoms with Gasteiger partial charge in [-0.25, -0.2) is 9.48 Å². The van der Waals surface area contributed by atoms with Gasteiger partial charge in [-0.15, -0.1) is 0 Å². The zero-order chi connectivity index (χ0) is 13.2. The molecule has 17 heavy (non-hydrogen) atoms. The summed E-state index contributed by atoms with van der Waals surface area (Å²) in [4.78, 5) is 11.5. The third kappa shape index (κ3) is 3.44. The van der Waals surface area contributed by atoms with Gasteiger partial charge in [-0.3, -0.25) is 5.32 Å². The lowest BCUT2D eigenvalue weighted by molar-refractivity contribution is 0.0635. The van der Waals surface area contributed by atoms with Gasteiger partial charge in [-0.05, 0) is 34.6 Å². The Bertz CT molecular complexity index is 421. The van der Waals surface area contributed by atoms with E-state index < -0.39 is 17.6 Å². The van der Waals surface area contributed by atoms with Gasteiger partial charge in [0.05, 0.1) is 5.69 Å². The van der Waals surface area contributed by atoms with Crippen LogP contribution in [0.1, 0.15) is 33.4 Å². The van der Waals surface area contributed by atoms with Crippen LogP contribution in [0.3, 0.4) is 0 Å². The molecule has 0 radical (unpaired) electrons. The number of nitrogens with one attached hydrogen (secondary N) is 1. The SMILES string of the molecule is CCn1nc(C)c(NC(=O)OC(C)(C)C)c1F. The van der Waals surface area contributed by atoms with Crippen LogP contribution in [0.25, 0.3) is 0 Å². The van der Waals surface area contributed by atoms with Crippen molar-refractivity contribution in [3.63, 3.8) is 0 Å². The summed E-state index contributed by atoms with van der Waals surface area (Å²) in [5.74, 6) is -0.559. The first kappa shape index (κ1) is 13.5. The summed E-state index contributed by atoms with van der Waals surface area (Å²) in [6, 6.07) is 0. The minimum atomic E-state index is -0.685. The molecule has 1 N–H and O–H groups in total. The smallest absolute Gasteiger partial charge is 0.412 e. The van der Waals surface area contributed by atoms with Crippen molar-refractivity contribution >= 4 is 11.8 Å². The number of halogens is 1. The Morgan fingerprint density at radius 2 is 2.12 bits per heavy atom. The maximum atomic E-state index is 13.7. The summed E-state index contributed by atoms with van der Waals surface area (Å²) in [6.45, 7) is 9.03. The third-order valence-electron chi connectivity index (χ3n) is 1.99. The van der Waals surface area contributed by atoms with E-state index in [-0.39, 0.29) is 5.69 Å². The third-order valence-corrected chi connectivity index (χ3v) is 1.99. The summed E-state index contributed by atoms with van der Waals surface area (Å²) in [6.07, 6.45) is -0.685. The van der Waals surface area contributed by atoms with Crippen molar-refractivity contribution in [2.24, 2.45) is 0 Å². The van der Waals surface area contributed by atoms with Gasteiger partial charge < -0.3 is 4.74 Å². The molecule has 0 saturated heterocycles. The predicted octanol–water partition coefficient (Wildman–Crippen LogP) is 2.70. The average molecular weight is 243 g/mol. The lowest BCUT2D eigenvalue weighted by atomic mass is 10.2. The second-order valence-corrected chi connectivity index (χ2v) is 4.69. The van der Waals surface area contributed by atoms with Crippen molar-refractivity contribution in [3.05, 3.63) is 11.6 Å². The standard InChI is InChI=1S/C11H18FN3O2/c1-6-15-9(12)8(7(2)14-15)13-10(16)17-11(3,4)5/h6H2,1-5H3,(H,13,16). The van der Waals surface area contributed by atoms with Crippen LogP contribution in [-0.4, -0.2) is 21.5 Å². The predicted molar refractivity (Wildman–Crippen MR) is 62.5 cm³/mol. The number of hydrogen-bond donors (Lipinski definition) is 1. The second-order valence-electron chi connectivity index (χ2n) is 4.69. The summed E-state index contributed by atoms with van der Waals surface area (Å²) in [5, 5.41) is 6.32. The van der Waals surface area contributed by atoms with Gasteiger partial charge >= 0.3 is 6.09 Å². The summed E-state index contributed by atoms with van der Waals surface area (Å²) >= 11 is 0. The molecule has 1 rings (SSSR count). The van der Waals surface area contributed by atoms with Crippen molar-refractivity contribution in [1.82, 2.24) is 9.78 Å². The molecular formula is C11H18FN3O2. The van der Waals surface area contributed by atoms with Gasteiger partial charge in [0, 0.05) is 6.54 Å². The molecule has 0 aromatic carbocycles. The van der Waals surface area contributed by atoms with Crippen molar-refractivity contribution in [2.75, 3.05) is 5.32 Å². The van der Waals surface area contributed by atoms with Crippen LogP contribution in [0.4, 0.5) is 14.9 Å². The van der Waals surface area contributed by atoms with Crippen LogP contribution >= 0.6 is 0 Å². The van der Waals surface area contributed by atoms with E-state index in [2.05, 4.69) is 10.4 Å². The molecule has 1 heterocycles. The average Bonchev–Trinajstić information content (AvgIpc) is 2.42. The Kier molecular flexibility index (Phi) is 3.75. The van der Waals surface area contributed by atoms with Crippen LogP contribution in [0, 0.1) is 12.9 Å². The van der Waals surface area contributed by atoms with Crippen molar-refractivity contribution in [1.29, 1.82) is 0 Å². The first-order chi connectivity index (χ1) is 7.74. The van der Waals surface area contributed by atoms with Gasteiger partial charge in [-0.1, -0.05) is 0 Å². The molecule has 0 fully saturated rings. The maximum absolute atomic E-state index is 13.7. The van der Waals surface area contributed by atoms with E-state index in [1.165, 1.54) is 4.68 Å². The van der Waals surface area contributed by atoms with Gasteiger partial charge in [-0.2, -0.15) is 9.49 Å². The number of aryl methyl sites for hydroxylation is 2. The quantitative estimate of drug-likeness (QED) is 0.868. The molecule has 0 atom stereocenters. The topological polar surface area (TPSA) is 56.2 Å². The van der Waals surface area contributed by atoms with E-state index in [4.69, 9.17) is 4.74 Å². The zero-order valence-electron chi connectivity index (χ0n) is 10.8. The summed E-state index contributed by atoms with van der Waals surface area (Å²) in [7, 11) is 0. The van der Waals surface area contributed by atoms with Crippen molar-refractivity contribution in [2.45, 2.75) is 46.8 Å². The minimum Gasteiger partial charge on any atom is -0.444 e. The van der Waals surface area contributed by atoms with Crippen LogP contribution in [0.2, 0.25) is 0 Å². The highest BCUT2D eigenvalue weighted by Gasteiger charge is 2.21. The molecule has 0 bridgehead atoms. The van der Waals surface area contributed by atoms with E-state index in [1.807, 2.05) is 0 Å². The van der Waals surface area contributed by atoms with Crippen LogP contribution in [0.15, 0.2) is 0 Å². The molecule has 0 unspecified atom stereocenters. The Morgan fingerprint density at radius 1 is 1.53 bits per heavy atom. The van der Waals surface area contributed by atoms with Gasteiger partial charge in [0.1, 0.15) is 11.3 Å². The fraction of sp³-hybridized carbons (Fsp3) is 0.636. The molecule has 5 nitrogen and oxygen atoms in total. The fourth-order valence-electron chi connectivity index (χ4n) is 1.31. The van der Waals surface area contributed by atoms with E-state index in [0.29, 0.717) is 12.2 Å². The van der Waals surface area contributed by atoms with Gasteiger partial charge in [0.25, 0.3) is 0 Å². The lowest BCUT2D eigenvalue weighted by Gasteiger charge is -2.19. The van der Waals surface area contributed by atoms with Crippen LogP contribution in [0.5, 0.6) is 0 Å². The number of aromatic nitrogens is 2. The van der Waals surface area contributed by atoms with Crippen LogP contribution in [-0.2, 0) is 11.3 Å². The fourth-order valence-corrected chi connectivity index (χ4v) is 1.31. The number of rotatable bonds is 2. The van der Waals surface area contributed by atoms with Gasteiger partial charge in [0.2, 0.25) is 5.95 Å². The number of carbonyl (C=O) groups is 1. The normalized spacial score (nSPS) is 11.4. The Balaban J connectivity index is 2.82. The molecule has 1 aromatic rings. The molecule has 0 saturated carbocycles. The molecule has 0 aliphatic rings. The molecule has 0 aliphatic heterocycles. The number of anilines is 1. The molecule has 0 spiro atoms. The van der Waals surface area contributed by atoms with E-state index >= 15 is 0 Å². The highest BCUT2D eigenvalue weighted by Crippen LogP contribution is 2.19. The van der Waals surface area contributed by atoms with Crippen molar-refractivity contribution in [3.8, 4) is 0 Å². The molecule has 1 aromatic heterocycles. The van der Waals surface area contributed by atoms with E-state index in [0.717, 1.165) is 0 Å². The number of carbonyl (C=O) groups excluding carboxylic acids is 1. The molecule has 1 amide bonds. The van der Waals surface area contributed by atoms with Gasteiger partial charge in [0.15, 0.2) is 0 Å².